The van der Waals surface area contributed by atoms with E-state index in [4.69, 9.17) is 4.98 Å². The first-order valence-corrected chi connectivity index (χ1v) is 8.66. The third-order valence-corrected chi connectivity index (χ3v) is 4.55. The minimum atomic E-state index is 0.103. The fourth-order valence-corrected chi connectivity index (χ4v) is 3.23. The lowest BCUT2D eigenvalue weighted by molar-refractivity contribution is 0.475. The standard InChI is InChI=1S/C24H19NO/c26-22-14-11-18(12-15-22)21-13-16-23(25-17-21)24(19-7-3-1-4-8-19)20-9-5-2-6-10-20/h1-17,24,26H. The average molecular weight is 337 g/mol. The molecule has 0 amide bonds. The summed E-state index contributed by atoms with van der Waals surface area (Å²) in [6.45, 7) is 0. The molecule has 0 aliphatic carbocycles. The maximum atomic E-state index is 9.46. The molecule has 2 heteroatoms. The number of aromatic hydroxyl groups is 1. The smallest absolute Gasteiger partial charge is 0.115 e. The molecular formula is C24H19NO. The molecule has 0 saturated carbocycles. The van der Waals surface area contributed by atoms with Crippen molar-refractivity contribution in [3.63, 3.8) is 0 Å². The number of pyridine rings is 1. The van der Waals surface area contributed by atoms with Gasteiger partial charge in [-0.15, -0.1) is 0 Å². The highest BCUT2D eigenvalue weighted by molar-refractivity contribution is 5.63. The highest BCUT2D eigenvalue weighted by atomic mass is 16.3. The number of hydrogen-bond donors (Lipinski definition) is 1. The van der Waals surface area contributed by atoms with Gasteiger partial charge in [-0.2, -0.15) is 0 Å². The second kappa shape index (κ2) is 7.24. The van der Waals surface area contributed by atoms with Gasteiger partial charge < -0.3 is 5.11 Å². The average Bonchev–Trinajstić information content (AvgIpc) is 2.71. The summed E-state index contributed by atoms with van der Waals surface area (Å²) in [7, 11) is 0. The Morgan fingerprint density at radius 3 is 1.62 bits per heavy atom. The highest BCUT2D eigenvalue weighted by Gasteiger charge is 2.17. The largest absolute Gasteiger partial charge is 0.508 e. The summed E-state index contributed by atoms with van der Waals surface area (Å²) in [5.74, 6) is 0.373. The molecule has 1 aromatic heterocycles. The van der Waals surface area contributed by atoms with Crippen LogP contribution in [0.3, 0.4) is 0 Å². The Hall–Kier alpha value is -3.39. The number of hydrogen-bond acceptors (Lipinski definition) is 2. The van der Waals surface area contributed by atoms with Gasteiger partial charge in [0.2, 0.25) is 0 Å². The SMILES string of the molecule is Oc1ccc(-c2ccc(C(c3ccccc3)c3ccccc3)nc2)cc1. The van der Waals surface area contributed by atoms with E-state index >= 15 is 0 Å². The Bertz CT molecular complexity index is 923. The molecule has 4 aromatic rings. The van der Waals surface area contributed by atoms with Crippen LogP contribution < -0.4 is 0 Å². The van der Waals surface area contributed by atoms with Gasteiger partial charge in [0.1, 0.15) is 5.75 Å². The van der Waals surface area contributed by atoms with Gasteiger partial charge in [-0.05, 0) is 34.9 Å². The van der Waals surface area contributed by atoms with Gasteiger partial charge in [0.15, 0.2) is 0 Å². The molecule has 0 aliphatic heterocycles. The summed E-state index contributed by atoms with van der Waals surface area (Å²) >= 11 is 0. The molecule has 1 heterocycles. The second-order valence-electron chi connectivity index (χ2n) is 6.27. The predicted octanol–water partition coefficient (Wildman–Crippen LogP) is 5.63. The summed E-state index contributed by atoms with van der Waals surface area (Å²) in [6.07, 6.45) is 1.90. The van der Waals surface area contributed by atoms with Gasteiger partial charge >= 0.3 is 0 Å². The second-order valence-corrected chi connectivity index (χ2v) is 6.27. The first-order chi connectivity index (χ1) is 12.8. The van der Waals surface area contributed by atoms with Gasteiger partial charge in [-0.3, -0.25) is 4.98 Å². The van der Waals surface area contributed by atoms with Crippen LogP contribution in [-0.4, -0.2) is 10.1 Å². The molecule has 2 nitrogen and oxygen atoms in total. The van der Waals surface area contributed by atoms with Crippen LogP contribution in [-0.2, 0) is 0 Å². The van der Waals surface area contributed by atoms with Crippen LogP contribution in [0, 0.1) is 0 Å². The summed E-state index contributed by atoms with van der Waals surface area (Å²) in [6, 6.07) is 32.3. The van der Waals surface area contributed by atoms with Crippen molar-refractivity contribution >= 4 is 0 Å². The molecule has 0 spiro atoms. The Morgan fingerprint density at radius 1 is 0.577 bits per heavy atom. The Morgan fingerprint density at radius 2 is 1.12 bits per heavy atom. The number of aromatic nitrogens is 1. The molecular weight excluding hydrogens is 318 g/mol. The molecule has 0 atom stereocenters. The van der Waals surface area contributed by atoms with Crippen molar-refractivity contribution in [1.29, 1.82) is 0 Å². The van der Waals surface area contributed by atoms with Crippen molar-refractivity contribution < 1.29 is 5.11 Å². The number of benzene rings is 3. The van der Waals surface area contributed by atoms with Crippen LogP contribution in [0.2, 0.25) is 0 Å². The van der Waals surface area contributed by atoms with Crippen molar-refractivity contribution in [2.75, 3.05) is 0 Å². The molecule has 3 aromatic carbocycles. The van der Waals surface area contributed by atoms with Crippen molar-refractivity contribution in [2.24, 2.45) is 0 Å². The van der Waals surface area contributed by atoms with Crippen LogP contribution in [0.1, 0.15) is 22.7 Å². The van der Waals surface area contributed by atoms with Gasteiger partial charge in [0, 0.05) is 11.8 Å². The molecule has 0 saturated heterocycles. The summed E-state index contributed by atoms with van der Waals surface area (Å²) in [4.78, 5) is 4.77. The Balaban J connectivity index is 1.73. The normalized spacial score (nSPS) is 10.8. The third-order valence-electron chi connectivity index (χ3n) is 4.55. The van der Waals surface area contributed by atoms with E-state index < -0.39 is 0 Å². The molecule has 126 valence electrons. The van der Waals surface area contributed by atoms with E-state index in [9.17, 15) is 5.11 Å². The minimum absolute atomic E-state index is 0.103. The summed E-state index contributed by atoms with van der Waals surface area (Å²) in [5, 5.41) is 9.46. The van der Waals surface area contributed by atoms with Gasteiger partial charge in [0.05, 0.1) is 11.6 Å². The van der Waals surface area contributed by atoms with Crippen molar-refractivity contribution in [3.8, 4) is 16.9 Å². The molecule has 0 fully saturated rings. The van der Waals surface area contributed by atoms with E-state index in [2.05, 4.69) is 60.7 Å². The van der Waals surface area contributed by atoms with Crippen LogP contribution in [0.15, 0.2) is 103 Å². The lowest BCUT2D eigenvalue weighted by atomic mass is 9.88. The van der Waals surface area contributed by atoms with Crippen molar-refractivity contribution in [3.05, 3.63) is 120 Å². The molecule has 0 unspecified atom stereocenters. The first-order valence-electron chi connectivity index (χ1n) is 8.66. The first kappa shape index (κ1) is 16.1. The zero-order chi connectivity index (χ0) is 17.8. The van der Waals surface area contributed by atoms with Crippen LogP contribution in [0.4, 0.5) is 0 Å². The highest BCUT2D eigenvalue weighted by Crippen LogP contribution is 2.31. The molecule has 4 rings (SSSR count). The fourth-order valence-electron chi connectivity index (χ4n) is 3.23. The van der Waals surface area contributed by atoms with Crippen molar-refractivity contribution in [2.45, 2.75) is 5.92 Å². The number of phenolic OH excluding ortho intramolecular Hbond substituents is 1. The summed E-state index contributed by atoms with van der Waals surface area (Å²) in [5.41, 5.74) is 5.54. The van der Waals surface area contributed by atoms with Crippen LogP contribution >= 0.6 is 0 Å². The Kier molecular flexibility index (Phi) is 4.48. The predicted molar refractivity (Wildman–Crippen MR) is 105 cm³/mol. The van der Waals surface area contributed by atoms with Crippen LogP contribution in [0.25, 0.3) is 11.1 Å². The molecule has 0 bridgehead atoms. The van der Waals surface area contributed by atoms with E-state index in [1.165, 1.54) is 11.1 Å². The Labute approximate surface area is 153 Å². The van der Waals surface area contributed by atoms with Crippen molar-refractivity contribution in [1.82, 2.24) is 4.98 Å². The van der Waals surface area contributed by atoms with Gasteiger partial charge in [-0.25, -0.2) is 0 Å². The van der Waals surface area contributed by atoms with E-state index in [0.717, 1.165) is 16.8 Å². The molecule has 1 N–H and O–H groups in total. The number of nitrogens with zero attached hydrogens (tertiary/aromatic N) is 1. The third kappa shape index (κ3) is 3.35. The maximum Gasteiger partial charge on any atom is 0.115 e. The van der Waals surface area contributed by atoms with E-state index in [1.807, 2.05) is 30.5 Å². The minimum Gasteiger partial charge on any atom is -0.508 e. The molecule has 26 heavy (non-hydrogen) atoms. The van der Waals surface area contributed by atoms with Gasteiger partial charge in [-0.1, -0.05) is 78.9 Å². The maximum absolute atomic E-state index is 9.46. The zero-order valence-electron chi connectivity index (χ0n) is 14.3. The fraction of sp³-hybridized carbons (Fsp3) is 0.0417. The topological polar surface area (TPSA) is 33.1 Å². The van der Waals surface area contributed by atoms with E-state index in [0.29, 0.717) is 0 Å². The molecule has 0 radical (unpaired) electrons. The van der Waals surface area contributed by atoms with E-state index in [-0.39, 0.29) is 11.7 Å². The lowest BCUT2D eigenvalue weighted by Crippen LogP contribution is -2.05. The van der Waals surface area contributed by atoms with Crippen LogP contribution in [0.5, 0.6) is 5.75 Å². The van der Waals surface area contributed by atoms with E-state index in [1.54, 1.807) is 12.1 Å². The zero-order valence-corrected chi connectivity index (χ0v) is 14.3. The number of phenols is 1. The summed E-state index contributed by atoms with van der Waals surface area (Å²) < 4.78 is 0. The number of rotatable bonds is 4. The lowest BCUT2D eigenvalue weighted by Gasteiger charge is -2.18. The van der Waals surface area contributed by atoms with Gasteiger partial charge in [0.25, 0.3) is 0 Å². The molecule has 0 aliphatic rings. The quantitative estimate of drug-likeness (QED) is 0.523. The monoisotopic (exact) mass is 337 g/mol.